The summed E-state index contributed by atoms with van der Waals surface area (Å²) in [6, 6.07) is 6.55. The molecule has 3 N–H and O–H groups in total. The fraction of sp³-hybridized carbons (Fsp3) is 0.500. The summed E-state index contributed by atoms with van der Waals surface area (Å²) in [5.41, 5.74) is 0.825. The number of anilines is 1. The number of hydrogen-bond acceptors (Lipinski definition) is 4. The first-order chi connectivity index (χ1) is 10.0. The lowest BCUT2D eigenvalue weighted by atomic mass is 10.3. The van der Waals surface area contributed by atoms with E-state index in [1.807, 2.05) is 0 Å². The van der Waals surface area contributed by atoms with Gasteiger partial charge in [-0.3, -0.25) is 4.79 Å². The van der Waals surface area contributed by atoms with Crippen LogP contribution in [0, 0.1) is 5.92 Å². The average Bonchev–Trinajstić information content (AvgIpc) is 3.28. The Balaban J connectivity index is 1.78. The lowest BCUT2D eigenvalue weighted by molar-refractivity contribution is -0.122. The largest absolute Gasteiger partial charge is 0.383 e. The quantitative estimate of drug-likeness (QED) is 0.623. The van der Waals surface area contributed by atoms with Crippen LogP contribution < -0.4 is 15.4 Å². The van der Waals surface area contributed by atoms with Crippen molar-refractivity contribution in [1.82, 2.24) is 10.0 Å². The molecule has 0 unspecified atom stereocenters. The van der Waals surface area contributed by atoms with Gasteiger partial charge in [-0.05, 0) is 37.1 Å². The van der Waals surface area contributed by atoms with E-state index in [4.69, 9.17) is 0 Å². The highest BCUT2D eigenvalue weighted by Gasteiger charge is 2.28. The van der Waals surface area contributed by atoms with Gasteiger partial charge in [0.1, 0.15) is 0 Å². The van der Waals surface area contributed by atoms with Crippen molar-refractivity contribution in [3.63, 3.8) is 0 Å². The molecule has 0 aliphatic heterocycles. The average molecular weight is 311 g/mol. The Labute approximate surface area is 125 Å². The Hall–Kier alpha value is -1.60. The fourth-order valence-electron chi connectivity index (χ4n) is 1.91. The van der Waals surface area contributed by atoms with E-state index in [-0.39, 0.29) is 16.7 Å². The fourth-order valence-corrected chi connectivity index (χ4v) is 2.95. The zero-order valence-electron chi connectivity index (χ0n) is 12.1. The summed E-state index contributed by atoms with van der Waals surface area (Å²) in [6.07, 6.45) is 2.00. The summed E-state index contributed by atoms with van der Waals surface area (Å²) in [6.45, 7) is 3.27. The normalized spacial score (nSPS) is 14.7. The van der Waals surface area contributed by atoms with E-state index in [1.54, 1.807) is 31.2 Å². The summed E-state index contributed by atoms with van der Waals surface area (Å²) in [4.78, 5) is 11.7. The van der Waals surface area contributed by atoms with Crippen molar-refractivity contribution < 1.29 is 13.2 Å². The molecule has 0 heterocycles. The van der Waals surface area contributed by atoms with Gasteiger partial charge >= 0.3 is 0 Å². The molecule has 1 aromatic rings. The van der Waals surface area contributed by atoms with E-state index in [9.17, 15) is 13.2 Å². The van der Waals surface area contributed by atoms with E-state index >= 15 is 0 Å². The van der Waals surface area contributed by atoms with Crippen LogP contribution in [0.5, 0.6) is 0 Å². The third-order valence-corrected chi connectivity index (χ3v) is 4.76. The molecule has 0 saturated heterocycles. The third-order valence-electron chi connectivity index (χ3n) is 3.20. The molecule has 0 atom stereocenters. The number of sulfonamides is 1. The van der Waals surface area contributed by atoms with Crippen LogP contribution in [0.15, 0.2) is 29.2 Å². The minimum Gasteiger partial charge on any atom is -0.383 e. The Bertz CT molecular complexity index is 580. The molecule has 1 aliphatic rings. The Kier molecular flexibility index (Phi) is 5.19. The van der Waals surface area contributed by atoms with E-state index in [0.717, 1.165) is 18.5 Å². The lowest BCUT2D eigenvalue weighted by Crippen LogP contribution is -2.29. The summed E-state index contributed by atoms with van der Waals surface area (Å²) in [5, 5.41) is 6.00. The number of rotatable bonds is 8. The highest BCUT2D eigenvalue weighted by Crippen LogP contribution is 2.28. The molecule has 0 radical (unpaired) electrons. The Morgan fingerprint density at radius 1 is 1.19 bits per heavy atom. The van der Waals surface area contributed by atoms with Crippen LogP contribution in [0.2, 0.25) is 0 Å². The maximum absolute atomic E-state index is 11.8. The number of carbonyl (C=O) groups excluding carboxylic acids is 1. The van der Waals surface area contributed by atoms with Gasteiger partial charge in [-0.2, -0.15) is 0 Å². The number of carbonyl (C=O) groups is 1. The zero-order chi connectivity index (χ0) is 15.3. The second-order valence-electron chi connectivity index (χ2n) is 5.02. The maximum Gasteiger partial charge on any atom is 0.240 e. The van der Waals surface area contributed by atoms with Gasteiger partial charge in [0, 0.05) is 31.2 Å². The van der Waals surface area contributed by atoms with Gasteiger partial charge in [0.05, 0.1) is 4.90 Å². The van der Waals surface area contributed by atoms with Gasteiger partial charge in [-0.15, -0.1) is 0 Å². The Morgan fingerprint density at radius 3 is 2.43 bits per heavy atom. The summed E-state index contributed by atoms with van der Waals surface area (Å²) >= 11 is 0. The molecule has 1 aromatic carbocycles. The van der Waals surface area contributed by atoms with Crippen LogP contribution in [0.1, 0.15) is 19.8 Å². The van der Waals surface area contributed by atoms with Crippen molar-refractivity contribution in [2.24, 2.45) is 5.92 Å². The molecule has 0 bridgehead atoms. The molecular weight excluding hydrogens is 290 g/mol. The van der Waals surface area contributed by atoms with Crippen LogP contribution in [0.4, 0.5) is 5.69 Å². The third kappa shape index (κ3) is 4.71. The van der Waals surface area contributed by atoms with Crippen LogP contribution in [-0.2, 0) is 14.8 Å². The SMILES string of the molecule is CCNS(=O)(=O)c1ccc(NCCNC(=O)C2CC2)cc1. The van der Waals surface area contributed by atoms with Gasteiger partial charge in [-0.25, -0.2) is 13.1 Å². The molecule has 21 heavy (non-hydrogen) atoms. The molecule has 6 nitrogen and oxygen atoms in total. The van der Waals surface area contributed by atoms with E-state index in [2.05, 4.69) is 15.4 Å². The minimum atomic E-state index is -3.40. The first-order valence-electron chi connectivity index (χ1n) is 7.14. The maximum atomic E-state index is 11.8. The molecule has 2 rings (SSSR count). The minimum absolute atomic E-state index is 0.129. The summed E-state index contributed by atoms with van der Waals surface area (Å²) in [5.74, 6) is 0.351. The van der Waals surface area contributed by atoms with Crippen molar-refractivity contribution in [2.75, 3.05) is 25.0 Å². The van der Waals surface area contributed by atoms with Gasteiger partial charge in [0.25, 0.3) is 0 Å². The number of amides is 1. The molecule has 7 heteroatoms. The molecule has 0 aromatic heterocycles. The predicted molar refractivity (Wildman–Crippen MR) is 81.5 cm³/mol. The molecule has 0 spiro atoms. The topological polar surface area (TPSA) is 87.3 Å². The Morgan fingerprint density at radius 2 is 1.86 bits per heavy atom. The highest BCUT2D eigenvalue weighted by atomic mass is 32.2. The monoisotopic (exact) mass is 311 g/mol. The van der Waals surface area contributed by atoms with Gasteiger partial charge in [0.15, 0.2) is 0 Å². The van der Waals surface area contributed by atoms with Crippen LogP contribution in [0.3, 0.4) is 0 Å². The number of benzene rings is 1. The van der Waals surface area contributed by atoms with E-state index in [0.29, 0.717) is 19.6 Å². The lowest BCUT2D eigenvalue weighted by Gasteiger charge is -2.09. The van der Waals surface area contributed by atoms with Crippen LogP contribution >= 0.6 is 0 Å². The second-order valence-corrected chi connectivity index (χ2v) is 6.78. The number of hydrogen-bond donors (Lipinski definition) is 3. The first kappa shape index (κ1) is 15.8. The van der Waals surface area contributed by atoms with Gasteiger partial charge in [0.2, 0.25) is 15.9 Å². The predicted octanol–water partition coefficient (Wildman–Crippen LogP) is 0.923. The highest BCUT2D eigenvalue weighted by molar-refractivity contribution is 7.89. The standard InChI is InChI=1S/C14H21N3O3S/c1-2-17-21(19,20)13-7-5-12(6-8-13)15-9-10-16-14(18)11-3-4-11/h5-8,11,15,17H,2-4,9-10H2,1H3,(H,16,18). The molecule has 1 saturated carbocycles. The smallest absolute Gasteiger partial charge is 0.240 e. The van der Waals surface area contributed by atoms with Gasteiger partial charge in [-0.1, -0.05) is 6.92 Å². The molecule has 116 valence electrons. The summed E-state index contributed by atoms with van der Waals surface area (Å²) in [7, 11) is -3.40. The van der Waals surface area contributed by atoms with Crippen LogP contribution in [-0.4, -0.2) is 34.0 Å². The van der Waals surface area contributed by atoms with Crippen molar-refractivity contribution in [2.45, 2.75) is 24.7 Å². The van der Waals surface area contributed by atoms with Crippen molar-refractivity contribution in [1.29, 1.82) is 0 Å². The van der Waals surface area contributed by atoms with Gasteiger partial charge < -0.3 is 10.6 Å². The van der Waals surface area contributed by atoms with Crippen molar-refractivity contribution in [3.05, 3.63) is 24.3 Å². The first-order valence-corrected chi connectivity index (χ1v) is 8.62. The molecule has 1 fully saturated rings. The molecule has 1 aliphatic carbocycles. The molecule has 1 amide bonds. The van der Waals surface area contributed by atoms with E-state index < -0.39 is 10.0 Å². The van der Waals surface area contributed by atoms with Crippen molar-refractivity contribution >= 4 is 21.6 Å². The van der Waals surface area contributed by atoms with Crippen LogP contribution in [0.25, 0.3) is 0 Å². The summed E-state index contributed by atoms with van der Waals surface area (Å²) < 4.78 is 26.0. The van der Waals surface area contributed by atoms with Crippen molar-refractivity contribution in [3.8, 4) is 0 Å². The second kappa shape index (κ2) is 6.91. The molecular formula is C14H21N3O3S. The number of nitrogens with one attached hydrogen (secondary N) is 3. The zero-order valence-corrected chi connectivity index (χ0v) is 12.9. The van der Waals surface area contributed by atoms with E-state index in [1.165, 1.54) is 0 Å².